The third kappa shape index (κ3) is 2.87. The van der Waals surface area contributed by atoms with Gasteiger partial charge in [-0.15, -0.1) is 0 Å². The SMILES string of the molecule is CCCc1nc(N)c(C)c(Nc2cccc(F)c2C)n1. The van der Waals surface area contributed by atoms with Gasteiger partial charge in [-0.25, -0.2) is 14.4 Å². The number of benzene rings is 1. The monoisotopic (exact) mass is 274 g/mol. The molecule has 4 nitrogen and oxygen atoms in total. The van der Waals surface area contributed by atoms with Crippen molar-refractivity contribution in [2.24, 2.45) is 0 Å². The van der Waals surface area contributed by atoms with E-state index in [2.05, 4.69) is 22.2 Å². The van der Waals surface area contributed by atoms with Crippen molar-refractivity contribution in [1.82, 2.24) is 9.97 Å². The summed E-state index contributed by atoms with van der Waals surface area (Å²) in [5, 5.41) is 3.15. The minimum absolute atomic E-state index is 0.247. The fourth-order valence-electron chi connectivity index (χ4n) is 1.91. The van der Waals surface area contributed by atoms with Gasteiger partial charge in [-0.3, -0.25) is 0 Å². The first-order valence-corrected chi connectivity index (χ1v) is 6.68. The van der Waals surface area contributed by atoms with Crippen LogP contribution in [0.2, 0.25) is 0 Å². The first-order chi connectivity index (χ1) is 9.52. The summed E-state index contributed by atoms with van der Waals surface area (Å²) in [6.07, 6.45) is 1.71. The lowest BCUT2D eigenvalue weighted by atomic mass is 10.2. The fourth-order valence-corrected chi connectivity index (χ4v) is 1.91. The molecule has 0 saturated carbocycles. The molecule has 20 heavy (non-hydrogen) atoms. The molecule has 5 heteroatoms. The molecule has 3 N–H and O–H groups in total. The number of hydrogen-bond donors (Lipinski definition) is 2. The Bertz CT molecular complexity index is 626. The van der Waals surface area contributed by atoms with Gasteiger partial charge >= 0.3 is 0 Å². The van der Waals surface area contributed by atoms with Crippen LogP contribution >= 0.6 is 0 Å². The molecule has 0 spiro atoms. The summed E-state index contributed by atoms with van der Waals surface area (Å²) in [5.41, 5.74) is 7.93. The number of nitrogens with two attached hydrogens (primary N) is 1. The fraction of sp³-hybridized carbons (Fsp3) is 0.333. The maximum absolute atomic E-state index is 13.6. The van der Waals surface area contributed by atoms with Crippen LogP contribution < -0.4 is 11.1 Å². The standard InChI is InChI=1S/C15H19FN4/c1-4-6-13-19-14(17)10(3)15(20-13)18-12-8-5-7-11(16)9(12)2/h5,7-8H,4,6H2,1-3H3,(H3,17,18,19,20). The van der Waals surface area contributed by atoms with Gasteiger partial charge in [0, 0.05) is 23.2 Å². The normalized spacial score (nSPS) is 10.6. The third-order valence-corrected chi connectivity index (χ3v) is 3.22. The van der Waals surface area contributed by atoms with E-state index in [-0.39, 0.29) is 5.82 Å². The van der Waals surface area contributed by atoms with Crippen LogP contribution in [-0.2, 0) is 6.42 Å². The van der Waals surface area contributed by atoms with Gasteiger partial charge in [-0.1, -0.05) is 13.0 Å². The summed E-state index contributed by atoms with van der Waals surface area (Å²) >= 11 is 0. The Morgan fingerprint density at radius 1 is 1.20 bits per heavy atom. The van der Waals surface area contributed by atoms with Gasteiger partial charge in [0.1, 0.15) is 23.3 Å². The number of rotatable bonds is 4. The highest BCUT2D eigenvalue weighted by atomic mass is 19.1. The van der Waals surface area contributed by atoms with E-state index in [1.165, 1.54) is 6.07 Å². The Balaban J connectivity index is 2.39. The van der Waals surface area contributed by atoms with E-state index in [1.807, 2.05) is 13.0 Å². The zero-order valence-electron chi connectivity index (χ0n) is 12.0. The molecule has 1 aromatic heterocycles. The summed E-state index contributed by atoms with van der Waals surface area (Å²) in [6.45, 7) is 5.63. The molecule has 0 radical (unpaired) electrons. The molecule has 0 saturated heterocycles. The van der Waals surface area contributed by atoms with Gasteiger partial charge in [0.15, 0.2) is 0 Å². The van der Waals surface area contributed by atoms with Crippen molar-refractivity contribution in [1.29, 1.82) is 0 Å². The maximum Gasteiger partial charge on any atom is 0.139 e. The Hall–Kier alpha value is -2.17. The second kappa shape index (κ2) is 5.86. The second-order valence-electron chi connectivity index (χ2n) is 4.79. The quantitative estimate of drug-likeness (QED) is 0.895. The van der Waals surface area contributed by atoms with E-state index in [0.29, 0.717) is 28.7 Å². The van der Waals surface area contributed by atoms with Gasteiger partial charge in [-0.2, -0.15) is 0 Å². The molecule has 1 aromatic carbocycles. The van der Waals surface area contributed by atoms with E-state index >= 15 is 0 Å². The molecule has 0 atom stereocenters. The van der Waals surface area contributed by atoms with Crippen molar-refractivity contribution in [2.45, 2.75) is 33.6 Å². The van der Waals surface area contributed by atoms with Crippen LogP contribution in [0.3, 0.4) is 0 Å². The smallest absolute Gasteiger partial charge is 0.139 e. The van der Waals surface area contributed by atoms with Gasteiger partial charge in [0.2, 0.25) is 0 Å². The van der Waals surface area contributed by atoms with Crippen LogP contribution in [0, 0.1) is 19.7 Å². The summed E-state index contributed by atoms with van der Waals surface area (Å²) in [4.78, 5) is 8.72. The average molecular weight is 274 g/mol. The number of aryl methyl sites for hydroxylation is 1. The molecule has 2 aromatic rings. The molecule has 0 bridgehead atoms. The van der Waals surface area contributed by atoms with Crippen molar-refractivity contribution in [3.63, 3.8) is 0 Å². The lowest BCUT2D eigenvalue weighted by Gasteiger charge is -2.13. The van der Waals surface area contributed by atoms with Crippen molar-refractivity contribution in [2.75, 3.05) is 11.1 Å². The topological polar surface area (TPSA) is 63.8 Å². The van der Waals surface area contributed by atoms with Gasteiger partial charge in [-0.05, 0) is 32.4 Å². The number of anilines is 3. The zero-order valence-corrected chi connectivity index (χ0v) is 12.0. The molecular weight excluding hydrogens is 255 g/mol. The molecule has 0 aliphatic heterocycles. The summed E-state index contributed by atoms with van der Waals surface area (Å²) in [5.74, 6) is 1.55. The maximum atomic E-state index is 13.6. The summed E-state index contributed by atoms with van der Waals surface area (Å²) < 4.78 is 13.6. The van der Waals surface area contributed by atoms with Crippen LogP contribution in [0.25, 0.3) is 0 Å². The molecule has 0 unspecified atom stereocenters. The first-order valence-electron chi connectivity index (χ1n) is 6.68. The van der Waals surface area contributed by atoms with Crippen LogP contribution in [-0.4, -0.2) is 9.97 Å². The van der Waals surface area contributed by atoms with Crippen LogP contribution in [0.5, 0.6) is 0 Å². The average Bonchev–Trinajstić information content (AvgIpc) is 2.41. The molecule has 0 amide bonds. The van der Waals surface area contributed by atoms with Crippen LogP contribution in [0.4, 0.5) is 21.7 Å². The minimum Gasteiger partial charge on any atom is -0.383 e. The van der Waals surface area contributed by atoms with Gasteiger partial charge in [0.05, 0.1) is 0 Å². The van der Waals surface area contributed by atoms with Crippen molar-refractivity contribution >= 4 is 17.3 Å². The molecule has 0 aliphatic rings. The lowest BCUT2D eigenvalue weighted by Crippen LogP contribution is -2.07. The third-order valence-electron chi connectivity index (χ3n) is 3.22. The van der Waals surface area contributed by atoms with E-state index < -0.39 is 0 Å². The number of aromatic nitrogens is 2. The number of nitrogens with one attached hydrogen (secondary N) is 1. The highest BCUT2D eigenvalue weighted by Gasteiger charge is 2.10. The number of hydrogen-bond acceptors (Lipinski definition) is 4. The first kappa shape index (κ1) is 14.2. The predicted molar refractivity (Wildman–Crippen MR) is 79.6 cm³/mol. The molecule has 0 fully saturated rings. The minimum atomic E-state index is -0.247. The Morgan fingerprint density at radius 3 is 2.65 bits per heavy atom. The van der Waals surface area contributed by atoms with E-state index in [4.69, 9.17) is 5.73 Å². The highest BCUT2D eigenvalue weighted by Crippen LogP contribution is 2.25. The number of nitrogen functional groups attached to an aromatic ring is 1. The molecular formula is C15H19FN4. The molecule has 106 valence electrons. The van der Waals surface area contributed by atoms with E-state index in [0.717, 1.165) is 18.4 Å². The van der Waals surface area contributed by atoms with Gasteiger partial charge in [0.25, 0.3) is 0 Å². The number of halogens is 1. The molecule has 2 rings (SSSR count). The predicted octanol–water partition coefficient (Wildman–Crippen LogP) is 3.51. The molecule has 0 aliphatic carbocycles. The molecule has 1 heterocycles. The van der Waals surface area contributed by atoms with E-state index in [1.54, 1.807) is 13.0 Å². The summed E-state index contributed by atoms with van der Waals surface area (Å²) in [6, 6.07) is 4.91. The van der Waals surface area contributed by atoms with Crippen molar-refractivity contribution in [3.05, 3.63) is 41.0 Å². The van der Waals surface area contributed by atoms with Crippen molar-refractivity contribution < 1.29 is 4.39 Å². The Labute approximate surface area is 118 Å². The van der Waals surface area contributed by atoms with Crippen LogP contribution in [0.1, 0.15) is 30.3 Å². The Kier molecular flexibility index (Phi) is 4.17. The zero-order chi connectivity index (χ0) is 14.7. The van der Waals surface area contributed by atoms with E-state index in [9.17, 15) is 4.39 Å². The highest BCUT2D eigenvalue weighted by molar-refractivity contribution is 5.66. The number of nitrogens with zero attached hydrogens (tertiary/aromatic N) is 2. The lowest BCUT2D eigenvalue weighted by molar-refractivity contribution is 0.619. The largest absolute Gasteiger partial charge is 0.383 e. The second-order valence-corrected chi connectivity index (χ2v) is 4.79. The van der Waals surface area contributed by atoms with Gasteiger partial charge < -0.3 is 11.1 Å². The summed E-state index contributed by atoms with van der Waals surface area (Å²) in [7, 11) is 0. The van der Waals surface area contributed by atoms with Crippen molar-refractivity contribution in [3.8, 4) is 0 Å². The Morgan fingerprint density at radius 2 is 1.95 bits per heavy atom. The van der Waals surface area contributed by atoms with Crippen LogP contribution in [0.15, 0.2) is 18.2 Å².